The number of benzene rings is 1. The summed E-state index contributed by atoms with van der Waals surface area (Å²) in [7, 11) is 0. The maximum Gasteiger partial charge on any atom is 0.159 e. The zero-order chi connectivity index (χ0) is 13.3. The van der Waals surface area contributed by atoms with Crippen LogP contribution >= 0.6 is 0 Å². The Morgan fingerprint density at radius 1 is 1.22 bits per heavy atom. The van der Waals surface area contributed by atoms with Crippen molar-refractivity contribution in [2.45, 2.75) is 27.2 Å². The van der Waals surface area contributed by atoms with Crippen molar-refractivity contribution in [3.8, 4) is 0 Å². The maximum absolute atomic E-state index is 11.8. The lowest BCUT2D eigenvalue weighted by Crippen LogP contribution is -2.46. The minimum atomic E-state index is -0.280. The van der Waals surface area contributed by atoms with E-state index in [4.69, 9.17) is 0 Å². The predicted molar refractivity (Wildman–Crippen MR) is 72.1 cm³/mol. The molecule has 0 unspecified atom stereocenters. The van der Waals surface area contributed by atoms with Gasteiger partial charge in [-0.1, -0.05) is 13.8 Å². The Kier molecular flexibility index (Phi) is 3.24. The number of ketones is 2. The molecule has 3 nitrogen and oxygen atoms in total. The zero-order valence-corrected chi connectivity index (χ0v) is 11.2. The van der Waals surface area contributed by atoms with Gasteiger partial charge in [-0.2, -0.15) is 0 Å². The quantitative estimate of drug-likeness (QED) is 0.752. The Morgan fingerprint density at radius 3 is 2.33 bits per heavy atom. The molecule has 2 rings (SSSR count). The zero-order valence-electron chi connectivity index (χ0n) is 11.2. The van der Waals surface area contributed by atoms with Crippen LogP contribution in [-0.2, 0) is 4.79 Å². The summed E-state index contributed by atoms with van der Waals surface area (Å²) >= 11 is 0. The van der Waals surface area contributed by atoms with Crippen LogP contribution < -0.4 is 4.90 Å². The monoisotopic (exact) mass is 245 g/mol. The molecule has 1 aromatic rings. The summed E-state index contributed by atoms with van der Waals surface area (Å²) in [6.45, 7) is 7.06. The van der Waals surface area contributed by atoms with Crippen molar-refractivity contribution >= 4 is 17.3 Å². The topological polar surface area (TPSA) is 37.4 Å². The molecular weight excluding hydrogens is 226 g/mol. The Labute approximate surface area is 108 Å². The van der Waals surface area contributed by atoms with Gasteiger partial charge in [0.15, 0.2) is 5.78 Å². The molecule has 3 heteroatoms. The van der Waals surface area contributed by atoms with Crippen molar-refractivity contribution in [1.82, 2.24) is 0 Å². The number of hydrogen-bond donors (Lipinski definition) is 0. The third-order valence-corrected chi connectivity index (χ3v) is 3.59. The van der Waals surface area contributed by atoms with Gasteiger partial charge in [-0.05, 0) is 31.2 Å². The summed E-state index contributed by atoms with van der Waals surface area (Å²) in [5, 5.41) is 0. The number of nitrogens with zero attached hydrogens (tertiary/aromatic N) is 1. The molecule has 1 heterocycles. The third-order valence-electron chi connectivity index (χ3n) is 3.59. The summed E-state index contributed by atoms with van der Waals surface area (Å²) in [5.74, 6) is 0.412. The number of Topliss-reactive ketones (excluding diaryl/α,β-unsaturated/α-hetero) is 2. The first kappa shape index (κ1) is 12.8. The van der Waals surface area contributed by atoms with Crippen LogP contribution in [0.4, 0.5) is 5.69 Å². The van der Waals surface area contributed by atoms with Crippen LogP contribution in [0.1, 0.15) is 37.6 Å². The number of rotatable bonds is 2. The van der Waals surface area contributed by atoms with Crippen molar-refractivity contribution in [3.05, 3.63) is 29.8 Å². The lowest BCUT2D eigenvalue weighted by molar-refractivity contribution is -0.127. The van der Waals surface area contributed by atoms with E-state index in [0.29, 0.717) is 12.2 Å². The number of carbonyl (C=O) groups is 2. The van der Waals surface area contributed by atoms with Gasteiger partial charge in [0.2, 0.25) is 0 Å². The van der Waals surface area contributed by atoms with E-state index in [1.54, 1.807) is 6.92 Å². The SMILES string of the molecule is CC(=O)c1ccc(N2CCC(=O)C(C)(C)C2)cc1. The Morgan fingerprint density at radius 2 is 1.83 bits per heavy atom. The van der Waals surface area contributed by atoms with Gasteiger partial charge in [-0.15, -0.1) is 0 Å². The first-order chi connectivity index (χ1) is 8.40. The molecule has 0 amide bonds. The second kappa shape index (κ2) is 4.56. The highest BCUT2D eigenvalue weighted by atomic mass is 16.1. The normalized spacial score (nSPS) is 18.8. The van der Waals surface area contributed by atoms with Gasteiger partial charge in [0, 0.05) is 36.2 Å². The molecule has 1 saturated heterocycles. The minimum Gasteiger partial charge on any atom is -0.370 e. The van der Waals surface area contributed by atoms with E-state index < -0.39 is 0 Å². The Balaban J connectivity index is 2.17. The van der Waals surface area contributed by atoms with Crippen molar-refractivity contribution in [1.29, 1.82) is 0 Å². The molecule has 0 aromatic heterocycles. The van der Waals surface area contributed by atoms with Crippen LogP contribution in [0.5, 0.6) is 0 Å². The molecule has 0 bridgehead atoms. The van der Waals surface area contributed by atoms with Crippen molar-refractivity contribution in [3.63, 3.8) is 0 Å². The third kappa shape index (κ3) is 2.45. The summed E-state index contributed by atoms with van der Waals surface area (Å²) in [5.41, 5.74) is 1.53. The number of anilines is 1. The van der Waals surface area contributed by atoms with E-state index in [2.05, 4.69) is 4.90 Å². The molecular formula is C15H19NO2. The van der Waals surface area contributed by atoms with Gasteiger partial charge < -0.3 is 4.90 Å². The van der Waals surface area contributed by atoms with Gasteiger partial charge in [0.05, 0.1) is 0 Å². The summed E-state index contributed by atoms with van der Waals surface area (Å²) in [4.78, 5) is 25.2. The summed E-state index contributed by atoms with van der Waals surface area (Å²) in [6.07, 6.45) is 0.599. The van der Waals surface area contributed by atoms with E-state index in [9.17, 15) is 9.59 Å². The van der Waals surface area contributed by atoms with Crippen LogP contribution in [0.3, 0.4) is 0 Å². The molecule has 0 N–H and O–H groups in total. The fourth-order valence-electron chi connectivity index (χ4n) is 2.35. The van der Waals surface area contributed by atoms with E-state index in [1.165, 1.54) is 0 Å². The van der Waals surface area contributed by atoms with Crippen LogP contribution in [0.2, 0.25) is 0 Å². The van der Waals surface area contributed by atoms with Crippen molar-refractivity contribution in [2.24, 2.45) is 5.41 Å². The van der Waals surface area contributed by atoms with Gasteiger partial charge in [0.1, 0.15) is 5.78 Å². The van der Waals surface area contributed by atoms with Crippen molar-refractivity contribution < 1.29 is 9.59 Å². The van der Waals surface area contributed by atoms with Gasteiger partial charge in [0.25, 0.3) is 0 Å². The molecule has 0 spiro atoms. The van der Waals surface area contributed by atoms with Crippen LogP contribution in [0.15, 0.2) is 24.3 Å². The molecule has 0 aliphatic carbocycles. The van der Waals surface area contributed by atoms with E-state index in [1.807, 2.05) is 38.1 Å². The summed E-state index contributed by atoms with van der Waals surface area (Å²) < 4.78 is 0. The van der Waals surface area contributed by atoms with E-state index in [0.717, 1.165) is 24.3 Å². The van der Waals surface area contributed by atoms with Crippen LogP contribution in [0, 0.1) is 5.41 Å². The van der Waals surface area contributed by atoms with Gasteiger partial charge in [-0.25, -0.2) is 0 Å². The first-order valence-corrected chi connectivity index (χ1v) is 6.29. The van der Waals surface area contributed by atoms with Crippen LogP contribution in [0.25, 0.3) is 0 Å². The molecule has 1 aliphatic rings. The van der Waals surface area contributed by atoms with Gasteiger partial charge >= 0.3 is 0 Å². The minimum absolute atomic E-state index is 0.0794. The second-order valence-corrected chi connectivity index (χ2v) is 5.58. The van der Waals surface area contributed by atoms with Crippen LogP contribution in [-0.4, -0.2) is 24.7 Å². The standard InChI is InChI=1S/C15H19NO2/c1-11(17)12-4-6-13(7-5-12)16-9-8-14(18)15(2,3)10-16/h4-7H,8-10H2,1-3H3. The molecule has 96 valence electrons. The average molecular weight is 245 g/mol. The van der Waals surface area contributed by atoms with Gasteiger partial charge in [-0.3, -0.25) is 9.59 Å². The predicted octanol–water partition coefficient (Wildman–Crippen LogP) is 2.69. The molecule has 1 fully saturated rings. The largest absolute Gasteiger partial charge is 0.370 e. The number of piperidine rings is 1. The lowest BCUT2D eigenvalue weighted by Gasteiger charge is -2.38. The molecule has 1 aromatic carbocycles. The first-order valence-electron chi connectivity index (χ1n) is 6.29. The highest BCUT2D eigenvalue weighted by Crippen LogP contribution is 2.29. The molecule has 18 heavy (non-hydrogen) atoms. The molecule has 0 atom stereocenters. The Hall–Kier alpha value is -1.64. The highest BCUT2D eigenvalue weighted by molar-refractivity contribution is 5.94. The maximum atomic E-state index is 11.8. The molecule has 0 radical (unpaired) electrons. The smallest absolute Gasteiger partial charge is 0.159 e. The fourth-order valence-corrected chi connectivity index (χ4v) is 2.35. The van der Waals surface area contributed by atoms with E-state index in [-0.39, 0.29) is 11.2 Å². The number of carbonyl (C=O) groups excluding carboxylic acids is 2. The second-order valence-electron chi connectivity index (χ2n) is 5.58. The average Bonchev–Trinajstić information content (AvgIpc) is 2.33. The highest BCUT2D eigenvalue weighted by Gasteiger charge is 2.34. The Bertz CT molecular complexity index is 474. The molecule has 1 aliphatic heterocycles. The lowest BCUT2D eigenvalue weighted by atomic mass is 9.82. The molecule has 0 saturated carbocycles. The van der Waals surface area contributed by atoms with Crippen molar-refractivity contribution in [2.75, 3.05) is 18.0 Å². The fraction of sp³-hybridized carbons (Fsp3) is 0.467. The van der Waals surface area contributed by atoms with E-state index >= 15 is 0 Å². The summed E-state index contributed by atoms with van der Waals surface area (Å²) in [6, 6.07) is 7.62. The number of hydrogen-bond acceptors (Lipinski definition) is 3.